The molecule has 0 atom stereocenters. The van der Waals surface area contributed by atoms with Crippen LogP contribution in [0, 0.1) is 0 Å². The molecule has 6 heteroatoms. The van der Waals surface area contributed by atoms with Crippen LogP contribution in [0.3, 0.4) is 0 Å². The number of piperidine rings is 1. The predicted molar refractivity (Wildman–Crippen MR) is 89.2 cm³/mol. The van der Waals surface area contributed by atoms with Gasteiger partial charge in [0.2, 0.25) is 5.91 Å². The van der Waals surface area contributed by atoms with Crippen molar-refractivity contribution in [2.24, 2.45) is 0 Å². The molecule has 3 rings (SSSR count). The molecule has 1 aliphatic heterocycles. The number of benzene rings is 1. The molecule has 5 nitrogen and oxygen atoms in total. The fraction of sp³-hybridized carbons (Fsp3) is 0.500. The van der Waals surface area contributed by atoms with Crippen molar-refractivity contribution in [1.82, 2.24) is 15.3 Å². The maximum Gasteiger partial charge on any atom is 0.230 e. The molecule has 1 amide bonds. The van der Waals surface area contributed by atoms with Gasteiger partial charge in [-0.25, -0.2) is 4.98 Å². The SMILES string of the molecule is O=C(CSc1nc2ccccc2[nH]1)NCC[NH+]1CCCCC1. The van der Waals surface area contributed by atoms with Gasteiger partial charge in [0.1, 0.15) is 0 Å². The number of nitrogens with one attached hydrogen (secondary N) is 3. The number of H-pyrrole nitrogens is 1. The summed E-state index contributed by atoms with van der Waals surface area (Å²) in [6, 6.07) is 7.91. The van der Waals surface area contributed by atoms with E-state index in [1.165, 1.54) is 44.1 Å². The molecule has 1 saturated heterocycles. The first-order valence-electron chi connectivity index (χ1n) is 7.99. The number of aromatic amines is 1. The summed E-state index contributed by atoms with van der Waals surface area (Å²) < 4.78 is 0. The summed E-state index contributed by atoms with van der Waals surface area (Å²) >= 11 is 1.45. The maximum absolute atomic E-state index is 11.9. The lowest BCUT2D eigenvalue weighted by Crippen LogP contribution is -3.13. The van der Waals surface area contributed by atoms with E-state index in [1.54, 1.807) is 4.90 Å². The van der Waals surface area contributed by atoms with Gasteiger partial charge in [-0.3, -0.25) is 4.79 Å². The first kappa shape index (κ1) is 15.4. The Labute approximate surface area is 134 Å². The van der Waals surface area contributed by atoms with Crippen molar-refractivity contribution in [2.75, 3.05) is 31.9 Å². The Kier molecular flexibility index (Phi) is 5.34. The van der Waals surface area contributed by atoms with Gasteiger partial charge in [-0.1, -0.05) is 23.9 Å². The lowest BCUT2D eigenvalue weighted by atomic mass is 10.1. The predicted octanol–water partition coefficient (Wildman–Crippen LogP) is 0.840. The fourth-order valence-corrected chi connectivity index (χ4v) is 3.58. The highest BCUT2D eigenvalue weighted by atomic mass is 32.2. The van der Waals surface area contributed by atoms with Gasteiger partial charge in [0.25, 0.3) is 0 Å². The summed E-state index contributed by atoms with van der Waals surface area (Å²) in [4.78, 5) is 21.2. The van der Waals surface area contributed by atoms with E-state index in [0.29, 0.717) is 5.75 Å². The summed E-state index contributed by atoms with van der Waals surface area (Å²) in [5, 5.41) is 3.82. The number of amides is 1. The number of imidazole rings is 1. The second-order valence-corrected chi connectivity index (χ2v) is 6.72. The van der Waals surface area contributed by atoms with Crippen LogP contribution in [0.2, 0.25) is 0 Å². The van der Waals surface area contributed by atoms with Crippen molar-refractivity contribution >= 4 is 28.7 Å². The molecule has 22 heavy (non-hydrogen) atoms. The van der Waals surface area contributed by atoms with Crippen LogP contribution in [0.1, 0.15) is 19.3 Å². The standard InChI is InChI=1S/C16H22N4OS/c21-15(17-8-11-20-9-4-1-5-10-20)12-22-16-18-13-6-2-3-7-14(13)19-16/h2-3,6-7H,1,4-5,8-12H2,(H,17,21)(H,18,19)/p+1. The average molecular weight is 319 g/mol. The minimum Gasteiger partial charge on any atom is -0.350 e. The van der Waals surface area contributed by atoms with Gasteiger partial charge in [-0.15, -0.1) is 0 Å². The Bertz CT molecular complexity index is 588. The summed E-state index contributed by atoms with van der Waals surface area (Å²) in [6.07, 6.45) is 4.01. The fourth-order valence-electron chi connectivity index (χ4n) is 2.86. The lowest BCUT2D eigenvalue weighted by Gasteiger charge is -2.23. The summed E-state index contributed by atoms with van der Waals surface area (Å²) in [6.45, 7) is 4.32. The number of aromatic nitrogens is 2. The third-order valence-electron chi connectivity index (χ3n) is 4.07. The molecule has 2 aromatic rings. The molecule has 0 radical (unpaired) electrons. The number of fused-ring (bicyclic) bond motifs is 1. The van der Waals surface area contributed by atoms with Crippen LogP contribution in [0.4, 0.5) is 0 Å². The normalized spacial score (nSPS) is 16.0. The second kappa shape index (κ2) is 7.65. The van der Waals surface area contributed by atoms with Gasteiger partial charge >= 0.3 is 0 Å². The average Bonchev–Trinajstić information content (AvgIpc) is 2.97. The highest BCUT2D eigenvalue weighted by Gasteiger charge is 2.13. The van der Waals surface area contributed by atoms with Crippen molar-refractivity contribution in [2.45, 2.75) is 24.4 Å². The van der Waals surface area contributed by atoms with E-state index in [4.69, 9.17) is 0 Å². The first-order valence-corrected chi connectivity index (χ1v) is 8.97. The number of quaternary nitrogens is 1. The Morgan fingerprint density at radius 3 is 2.91 bits per heavy atom. The molecule has 0 aliphatic carbocycles. The molecule has 1 aromatic heterocycles. The van der Waals surface area contributed by atoms with Gasteiger partial charge in [0, 0.05) is 0 Å². The molecule has 0 saturated carbocycles. The molecule has 0 spiro atoms. The van der Waals surface area contributed by atoms with E-state index in [2.05, 4.69) is 15.3 Å². The number of hydrogen-bond acceptors (Lipinski definition) is 3. The van der Waals surface area contributed by atoms with E-state index in [9.17, 15) is 4.79 Å². The minimum absolute atomic E-state index is 0.0851. The highest BCUT2D eigenvalue weighted by molar-refractivity contribution is 7.99. The molecule has 1 aliphatic rings. The second-order valence-electron chi connectivity index (χ2n) is 5.76. The number of nitrogens with zero attached hydrogens (tertiary/aromatic N) is 1. The van der Waals surface area contributed by atoms with Crippen molar-refractivity contribution in [3.8, 4) is 0 Å². The van der Waals surface area contributed by atoms with Crippen LogP contribution < -0.4 is 10.2 Å². The Balaban J connectivity index is 1.38. The van der Waals surface area contributed by atoms with Gasteiger partial charge in [-0.05, 0) is 31.4 Å². The monoisotopic (exact) mass is 319 g/mol. The topological polar surface area (TPSA) is 62.2 Å². The summed E-state index contributed by atoms with van der Waals surface area (Å²) in [5.74, 6) is 0.497. The van der Waals surface area contributed by atoms with Crippen LogP contribution in [-0.4, -0.2) is 47.8 Å². The molecule has 118 valence electrons. The lowest BCUT2D eigenvalue weighted by molar-refractivity contribution is -0.903. The van der Waals surface area contributed by atoms with Gasteiger partial charge in [-0.2, -0.15) is 0 Å². The zero-order valence-corrected chi connectivity index (χ0v) is 13.5. The Morgan fingerprint density at radius 1 is 1.27 bits per heavy atom. The van der Waals surface area contributed by atoms with E-state index < -0.39 is 0 Å². The molecule has 1 fully saturated rings. The molecule has 1 aromatic carbocycles. The third-order valence-corrected chi connectivity index (χ3v) is 4.94. The van der Waals surface area contributed by atoms with Crippen LogP contribution in [0.5, 0.6) is 0 Å². The van der Waals surface area contributed by atoms with Crippen LogP contribution in [-0.2, 0) is 4.79 Å². The van der Waals surface area contributed by atoms with Crippen molar-refractivity contribution in [1.29, 1.82) is 0 Å². The van der Waals surface area contributed by atoms with Gasteiger partial charge in [0.05, 0.1) is 43.0 Å². The van der Waals surface area contributed by atoms with E-state index in [0.717, 1.165) is 29.3 Å². The molecule has 3 N–H and O–H groups in total. The maximum atomic E-state index is 11.9. The van der Waals surface area contributed by atoms with Gasteiger partial charge < -0.3 is 15.2 Å². The largest absolute Gasteiger partial charge is 0.350 e. The number of carbonyl (C=O) groups is 1. The van der Waals surface area contributed by atoms with Crippen molar-refractivity contribution < 1.29 is 9.69 Å². The van der Waals surface area contributed by atoms with E-state index in [-0.39, 0.29) is 5.91 Å². The smallest absolute Gasteiger partial charge is 0.230 e. The van der Waals surface area contributed by atoms with E-state index >= 15 is 0 Å². The third kappa shape index (κ3) is 4.24. The highest BCUT2D eigenvalue weighted by Crippen LogP contribution is 2.18. The van der Waals surface area contributed by atoms with Crippen LogP contribution >= 0.6 is 11.8 Å². The quantitative estimate of drug-likeness (QED) is 0.692. The number of thioether (sulfide) groups is 1. The zero-order valence-electron chi connectivity index (χ0n) is 12.7. The molecular weight excluding hydrogens is 296 g/mol. The zero-order chi connectivity index (χ0) is 15.2. The molecule has 2 heterocycles. The van der Waals surface area contributed by atoms with E-state index in [1.807, 2.05) is 24.3 Å². The van der Waals surface area contributed by atoms with Crippen LogP contribution in [0.15, 0.2) is 29.4 Å². The van der Waals surface area contributed by atoms with Crippen molar-refractivity contribution in [3.05, 3.63) is 24.3 Å². The van der Waals surface area contributed by atoms with Gasteiger partial charge in [0.15, 0.2) is 5.16 Å². The van der Waals surface area contributed by atoms with Crippen LogP contribution in [0.25, 0.3) is 11.0 Å². The Morgan fingerprint density at radius 2 is 2.09 bits per heavy atom. The number of rotatable bonds is 6. The molecule has 0 bridgehead atoms. The summed E-state index contributed by atoms with van der Waals surface area (Å²) in [7, 11) is 0. The number of carbonyl (C=O) groups excluding carboxylic acids is 1. The number of hydrogen-bond donors (Lipinski definition) is 3. The molecular formula is C16H23N4OS+. The summed E-state index contributed by atoms with van der Waals surface area (Å²) in [5.41, 5.74) is 1.96. The number of likely N-dealkylation sites (tertiary alicyclic amines) is 1. The Hall–Kier alpha value is -1.53. The first-order chi connectivity index (χ1) is 10.8. The number of para-hydroxylation sites is 2. The minimum atomic E-state index is 0.0851. The van der Waals surface area contributed by atoms with Crippen molar-refractivity contribution in [3.63, 3.8) is 0 Å². The molecule has 0 unspecified atom stereocenters.